The molecule has 3 aromatic rings. The van der Waals surface area contributed by atoms with E-state index in [9.17, 15) is 14.4 Å². The van der Waals surface area contributed by atoms with Crippen molar-refractivity contribution in [3.63, 3.8) is 0 Å². The van der Waals surface area contributed by atoms with Crippen molar-refractivity contribution in [1.82, 2.24) is 4.98 Å². The van der Waals surface area contributed by atoms with Crippen molar-refractivity contribution in [2.45, 2.75) is 31.4 Å². The van der Waals surface area contributed by atoms with Crippen LogP contribution in [0.1, 0.15) is 41.9 Å². The van der Waals surface area contributed by atoms with Gasteiger partial charge in [0.15, 0.2) is 6.61 Å². The fourth-order valence-electron chi connectivity index (χ4n) is 2.82. The van der Waals surface area contributed by atoms with Crippen molar-refractivity contribution < 1.29 is 23.9 Å². The topological polar surface area (TPSA) is 94.6 Å². The molecule has 32 heavy (non-hydrogen) atoms. The summed E-state index contributed by atoms with van der Waals surface area (Å²) in [5, 5.41) is 6.01. The number of amides is 1. The van der Waals surface area contributed by atoms with Crippen LogP contribution in [-0.4, -0.2) is 36.5 Å². The quantitative estimate of drug-likeness (QED) is 0.351. The predicted octanol–water partition coefficient (Wildman–Crippen LogP) is 5.00. The molecule has 2 aromatic heterocycles. The number of nitrogens with one attached hydrogen (secondary N) is 1. The van der Waals surface area contributed by atoms with E-state index in [0.717, 1.165) is 26.0 Å². The highest BCUT2D eigenvalue weighted by Crippen LogP contribution is 2.33. The second-order valence-electron chi connectivity index (χ2n) is 6.75. The molecule has 0 saturated heterocycles. The van der Waals surface area contributed by atoms with Crippen LogP contribution < -0.4 is 5.32 Å². The fraction of sp³-hybridized carbons (Fsp3) is 0.273. The Kier molecular flexibility index (Phi) is 8.05. The number of nitrogens with zero attached hydrogens (tertiary/aromatic N) is 1. The van der Waals surface area contributed by atoms with Gasteiger partial charge in [0.05, 0.1) is 28.9 Å². The Morgan fingerprint density at radius 1 is 1.12 bits per heavy atom. The molecular weight excluding hydrogens is 468 g/mol. The first-order valence-electron chi connectivity index (χ1n) is 9.58. The summed E-state index contributed by atoms with van der Waals surface area (Å²) in [4.78, 5) is 43.1. The SMILES string of the molecule is COC(=O)c1c(NC(=O)COC(=O)c2ccccc2SCc2csc(C)n2)sc(C)c1C. The summed E-state index contributed by atoms with van der Waals surface area (Å²) >= 11 is 4.33. The number of ether oxygens (including phenoxy) is 2. The van der Waals surface area contributed by atoms with E-state index in [2.05, 4.69) is 10.3 Å². The minimum absolute atomic E-state index is 0.314. The van der Waals surface area contributed by atoms with Gasteiger partial charge in [0.25, 0.3) is 5.91 Å². The zero-order chi connectivity index (χ0) is 23.3. The number of aryl methyl sites for hydroxylation is 2. The van der Waals surface area contributed by atoms with Crippen molar-refractivity contribution in [3.8, 4) is 0 Å². The van der Waals surface area contributed by atoms with E-state index in [-0.39, 0.29) is 0 Å². The van der Waals surface area contributed by atoms with Crippen molar-refractivity contribution in [2.24, 2.45) is 0 Å². The van der Waals surface area contributed by atoms with Gasteiger partial charge in [0, 0.05) is 20.9 Å². The van der Waals surface area contributed by atoms with Gasteiger partial charge < -0.3 is 14.8 Å². The molecule has 0 aliphatic carbocycles. The van der Waals surface area contributed by atoms with E-state index in [1.165, 1.54) is 30.2 Å². The minimum atomic E-state index is -0.593. The molecule has 2 heterocycles. The van der Waals surface area contributed by atoms with Gasteiger partial charge in [-0.15, -0.1) is 34.4 Å². The molecular formula is C22H22N2O5S3. The van der Waals surface area contributed by atoms with Crippen molar-refractivity contribution in [3.05, 3.63) is 61.9 Å². The van der Waals surface area contributed by atoms with Gasteiger partial charge in [-0.1, -0.05) is 12.1 Å². The van der Waals surface area contributed by atoms with Crippen molar-refractivity contribution in [2.75, 3.05) is 19.0 Å². The zero-order valence-electron chi connectivity index (χ0n) is 18.0. The van der Waals surface area contributed by atoms with Crippen molar-refractivity contribution in [1.29, 1.82) is 0 Å². The van der Waals surface area contributed by atoms with Crippen LogP contribution in [-0.2, 0) is 20.0 Å². The monoisotopic (exact) mass is 490 g/mol. The van der Waals surface area contributed by atoms with Gasteiger partial charge >= 0.3 is 11.9 Å². The standard InChI is InChI=1S/C22H22N2O5S3/c1-12-13(2)32-20(19(12)22(27)28-4)24-18(25)9-29-21(26)16-7-5-6-8-17(16)31-11-15-10-30-14(3)23-15/h5-8,10H,9,11H2,1-4H3,(H,24,25). The summed E-state index contributed by atoms with van der Waals surface area (Å²) in [6.45, 7) is 5.11. The van der Waals surface area contributed by atoms with Crippen LogP contribution in [0.25, 0.3) is 0 Å². The molecule has 1 amide bonds. The highest BCUT2D eigenvalue weighted by atomic mass is 32.2. The van der Waals surface area contributed by atoms with E-state index in [1.807, 2.05) is 31.4 Å². The molecule has 1 N–H and O–H groups in total. The normalized spacial score (nSPS) is 10.6. The lowest BCUT2D eigenvalue weighted by Crippen LogP contribution is -2.22. The maximum Gasteiger partial charge on any atom is 0.341 e. The number of hydrogen-bond acceptors (Lipinski definition) is 9. The predicted molar refractivity (Wildman–Crippen MR) is 127 cm³/mol. The number of thiazole rings is 1. The van der Waals surface area contributed by atoms with Gasteiger partial charge in [-0.3, -0.25) is 4.79 Å². The van der Waals surface area contributed by atoms with Crippen LogP contribution >= 0.6 is 34.4 Å². The van der Waals surface area contributed by atoms with Gasteiger partial charge in [-0.05, 0) is 38.5 Å². The minimum Gasteiger partial charge on any atom is -0.465 e. The third kappa shape index (κ3) is 5.76. The highest BCUT2D eigenvalue weighted by molar-refractivity contribution is 7.98. The first-order valence-corrected chi connectivity index (χ1v) is 12.3. The van der Waals surface area contributed by atoms with Crippen LogP contribution in [0.4, 0.5) is 5.00 Å². The average molecular weight is 491 g/mol. The number of hydrogen-bond donors (Lipinski definition) is 1. The average Bonchev–Trinajstić information content (AvgIpc) is 3.32. The molecule has 3 rings (SSSR count). The summed E-state index contributed by atoms with van der Waals surface area (Å²) in [7, 11) is 1.28. The summed E-state index contributed by atoms with van der Waals surface area (Å²) in [5.74, 6) is -1.03. The maximum atomic E-state index is 12.6. The molecule has 0 aliphatic rings. The molecule has 7 nitrogen and oxygen atoms in total. The molecule has 0 bridgehead atoms. The molecule has 10 heteroatoms. The Morgan fingerprint density at radius 2 is 1.88 bits per heavy atom. The Morgan fingerprint density at radius 3 is 2.56 bits per heavy atom. The van der Waals surface area contributed by atoms with Crippen LogP contribution in [0, 0.1) is 20.8 Å². The third-order valence-electron chi connectivity index (χ3n) is 4.51. The largest absolute Gasteiger partial charge is 0.465 e. The number of rotatable bonds is 8. The van der Waals surface area contributed by atoms with Gasteiger partial charge in [-0.2, -0.15) is 0 Å². The Hall–Kier alpha value is -2.69. The maximum absolute atomic E-state index is 12.6. The lowest BCUT2D eigenvalue weighted by atomic mass is 10.1. The summed E-state index contributed by atoms with van der Waals surface area (Å²) in [6.07, 6.45) is 0. The van der Waals surface area contributed by atoms with E-state index in [0.29, 0.717) is 21.9 Å². The number of carbonyl (C=O) groups is 3. The molecule has 0 aliphatic heterocycles. The summed E-state index contributed by atoms with van der Waals surface area (Å²) in [6, 6.07) is 7.08. The molecule has 0 unspecified atom stereocenters. The zero-order valence-corrected chi connectivity index (χ0v) is 20.5. The number of methoxy groups -OCH3 is 1. The van der Waals surface area contributed by atoms with Gasteiger partial charge in [0.1, 0.15) is 5.00 Å². The first-order chi connectivity index (χ1) is 15.3. The second kappa shape index (κ2) is 10.8. The van der Waals surface area contributed by atoms with Gasteiger partial charge in [0.2, 0.25) is 0 Å². The van der Waals surface area contributed by atoms with Crippen molar-refractivity contribution >= 4 is 57.3 Å². The molecule has 1 aromatic carbocycles. The van der Waals surface area contributed by atoms with Crippen LogP contribution in [0.15, 0.2) is 34.5 Å². The number of carbonyl (C=O) groups excluding carboxylic acids is 3. The highest BCUT2D eigenvalue weighted by Gasteiger charge is 2.22. The molecule has 0 fully saturated rings. The van der Waals surface area contributed by atoms with Gasteiger partial charge in [-0.25, -0.2) is 14.6 Å². The Bertz CT molecular complexity index is 1150. The van der Waals surface area contributed by atoms with E-state index >= 15 is 0 Å². The Labute approximate surface area is 198 Å². The lowest BCUT2D eigenvalue weighted by Gasteiger charge is -2.10. The summed E-state index contributed by atoms with van der Waals surface area (Å²) in [5.41, 5.74) is 2.39. The second-order valence-corrected chi connectivity index (χ2v) is 10.1. The van der Waals surface area contributed by atoms with Crippen LogP contribution in [0.2, 0.25) is 0 Å². The molecule has 0 radical (unpaired) electrons. The number of thiophene rings is 1. The number of benzene rings is 1. The van der Waals surface area contributed by atoms with E-state index < -0.39 is 24.5 Å². The smallest absolute Gasteiger partial charge is 0.341 e. The van der Waals surface area contributed by atoms with E-state index in [1.54, 1.807) is 30.4 Å². The molecule has 168 valence electrons. The van der Waals surface area contributed by atoms with Crippen LogP contribution in [0.3, 0.4) is 0 Å². The van der Waals surface area contributed by atoms with Crippen LogP contribution in [0.5, 0.6) is 0 Å². The first kappa shape index (κ1) is 24.0. The molecule has 0 spiro atoms. The summed E-state index contributed by atoms with van der Waals surface area (Å²) < 4.78 is 10.0. The molecule has 0 atom stereocenters. The fourth-order valence-corrected chi connectivity index (χ4v) is 5.54. The number of aromatic nitrogens is 1. The number of thioether (sulfide) groups is 1. The Balaban J connectivity index is 1.62. The third-order valence-corrected chi connectivity index (χ3v) is 7.56. The number of esters is 2. The lowest BCUT2D eigenvalue weighted by molar-refractivity contribution is -0.119. The number of anilines is 1. The van der Waals surface area contributed by atoms with E-state index in [4.69, 9.17) is 9.47 Å². The molecule has 0 saturated carbocycles.